The van der Waals surface area contributed by atoms with Crippen LogP contribution in [0.1, 0.15) is 26.2 Å². The van der Waals surface area contributed by atoms with Gasteiger partial charge in [-0.1, -0.05) is 18.7 Å². The monoisotopic (exact) mass is 212 g/mol. The minimum atomic E-state index is 0.295. The van der Waals surface area contributed by atoms with Crippen molar-refractivity contribution in [1.82, 2.24) is 4.98 Å². The Kier molecular flexibility index (Phi) is 3.13. The molecule has 1 aliphatic carbocycles. The van der Waals surface area contributed by atoms with Crippen molar-refractivity contribution in [3.8, 4) is 0 Å². The van der Waals surface area contributed by atoms with Gasteiger partial charge in [0.15, 0.2) is 0 Å². The molecule has 3 atom stereocenters. The number of aromatic nitrogens is 1. The molecular weight excluding hydrogens is 196 g/mol. The van der Waals surface area contributed by atoms with Crippen molar-refractivity contribution >= 4 is 11.8 Å². The molecule has 2 N–H and O–H groups in total. The maximum Gasteiger partial charge on any atom is 0.255 e. The van der Waals surface area contributed by atoms with E-state index in [4.69, 9.17) is 10.2 Å². The third kappa shape index (κ3) is 2.30. The topological polar surface area (TPSA) is 52.0 Å². The third-order valence-corrected chi connectivity index (χ3v) is 4.01. The van der Waals surface area contributed by atoms with E-state index in [-0.39, 0.29) is 0 Å². The highest BCUT2D eigenvalue weighted by Gasteiger charge is 2.27. The van der Waals surface area contributed by atoms with Gasteiger partial charge in [0.1, 0.15) is 6.26 Å². The molecule has 0 bridgehead atoms. The van der Waals surface area contributed by atoms with E-state index in [0.29, 0.717) is 11.3 Å². The molecule has 0 amide bonds. The molecule has 14 heavy (non-hydrogen) atoms. The fourth-order valence-corrected chi connectivity index (χ4v) is 3.11. The number of rotatable bonds is 2. The number of hydrogen-bond donors (Lipinski definition) is 1. The van der Waals surface area contributed by atoms with Crippen molar-refractivity contribution in [2.45, 2.75) is 42.7 Å². The van der Waals surface area contributed by atoms with E-state index in [9.17, 15) is 0 Å². The maximum atomic E-state index is 6.07. The Bertz CT molecular complexity index is 276. The van der Waals surface area contributed by atoms with E-state index >= 15 is 0 Å². The van der Waals surface area contributed by atoms with E-state index in [0.717, 1.165) is 17.6 Å². The lowest BCUT2D eigenvalue weighted by atomic mass is 9.87. The van der Waals surface area contributed by atoms with Gasteiger partial charge in [0, 0.05) is 11.3 Å². The predicted molar refractivity (Wildman–Crippen MR) is 57.1 cm³/mol. The van der Waals surface area contributed by atoms with Crippen LogP contribution in [0.2, 0.25) is 0 Å². The van der Waals surface area contributed by atoms with Crippen LogP contribution >= 0.6 is 11.8 Å². The zero-order chi connectivity index (χ0) is 9.97. The van der Waals surface area contributed by atoms with Crippen LogP contribution in [-0.4, -0.2) is 16.3 Å². The fourth-order valence-electron chi connectivity index (χ4n) is 1.89. The highest BCUT2D eigenvalue weighted by molar-refractivity contribution is 7.99. The predicted octanol–water partition coefficient (Wildman–Crippen LogP) is 2.28. The number of oxazole rings is 1. The SMILES string of the molecule is CC1CCC(N)C(Sc2ncco2)C1. The molecule has 0 saturated heterocycles. The summed E-state index contributed by atoms with van der Waals surface area (Å²) in [6, 6.07) is 0.295. The summed E-state index contributed by atoms with van der Waals surface area (Å²) in [5, 5.41) is 1.22. The van der Waals surface area contributed by atoms with Gasteiger partial charge >= 0.3 is 0 Å². The molecule has 1 aromatic heterocycles. The summed E-state index contributed by atoms with van der Waals surface area (Å²) < 4.78 is 5.22. The number of nitrogens with zero attached hydrogens (tertiary/aromatic N) is 1. The first-order chi connectivity index (χ1) is 6.75. The van der Waals surface area contributed by atoms with Crippen molar-refractivity contribution in [2.75, 3.05) is 0 Å². The molecule has 0 aromatic carbocycles. The molecule has 2 rings (SSSR count). The van der Waals surface area contributed by atoms with Gasteiger partial charge in [-0.15, -0.1) is 0 Å². The summed E-state index contributed by atoms with van der Waals surface area (Å²) in [7, 11) is 0. The average Bonchev–Trinajstić information content (AvgIpc) is 2.64. The minimum absolute atomic E-state index is 0.295. The van der Waals surface area contributed by atoms with Crippen LogP contribution in [0.3, 0.4) is 0 Å². The van der Waals surface area contributed by atoms with Gasteiger partial charge in [0.05, 0.1) is 6.20 Å². The summed E-state index contributed by atoms with van der Waals surface area (Å²) >= 11 is 1.68. The zero-order valence-corrected chi connectivity index (χ0v) is 9.17. The van der Waals surface area contributed by atoms with Crippen molar-refractivity contribution in [3.05, 3.63) is 12.5 Å². The van der Waals surface area contributed by atoms with Crippen molar-refractivity contribution in [1.29, 1.82) is 0 Å². The van der Waals surface area contributed by atoms with Crippen LogP contribution in [0.5, 0.6) is 0 Å². The average molecular weight is 212 g/mol. The van der Waals surface area contributed by atoms with Crippen LogP contribution < -0.4 is 5.73 Å². The largest absolute Gasteiger partial charge is 0.440 e. The van der Waals surface area contributed by atoms with Gasteiger partial charge in [-0.05, 0) is 25.2 Å². The number of nitrogens with two attached hydrogens (primary N) is 1. The molecule has 1 saturated carbocycles. The summed E-state index contributed by atoms with van der Waals surface area (Å²) in [5.74, 6) is 0.780. The first kappa shape index (κ1) is 10.1. The Balaban J connectivity index is 1.95. The van der Waals surface area contributed by atoms with Crippen LogP contribution in [-0.2, 0) is 0 Å². The molecule has 3 nitrogen and oxygen atoms in total. The van der Waals surface area contributed by atoms with E-state index in [1.165, 1.54) is 12.8 Å². The Morgan fingerprint density at radius 3 is 3.14 bits per heavy atom. The summed E-state index contributed by atoms with van der Waals surface area (Å²) in [6.07, 6.45) is 6.85. The van der Waals surface area contributed by atoms with Crippen LogP contribution in [0, 0.1) is 5.92 Å². The van der Waals surface area contributed by atoms with E-state index in [1.807, 2.05) is 0 Å². The second-order valence-electron chi connectivity index (χ2n) is 4.04. The molecule has 4 heteroatoms. The molecule has 0 radical (unpaired) electrons. The first-order valence-electron chi connectivity index (χ1n) is 5.07. The van der Waals surface area contributed by atoms with Gasteiger partial charge in [-0.2, -0.15) is 0 Å². The molecule has 0 aliphatic heterocycles. The Hall–Kier alpha value is -0.480. The fraction of sp³-hybridized carbons (Fsp3) is 0.700. The smallest absolute Gasteiger partial charge is 0.255 e. The third-order valence-electron chi connectivity index (χ3n) is 2.77. The van der Waals surface area contributed by atoms with Crippen molar-refractivity contribution in [3.63, 3.8) is 0 Å². The first-order valence-corrected chi connectivity index (χ1v) is 5.95. The van der Waals surface area contributed by atoms with Gasteiger partial charge < -0.3 is 10.2 Å². The van der Waals surface area contributed by atoms with E-state index < -0.39 is 0 Å². The molecule has 1 aliphatic rings. The van der Waals surface area contributed by atoms with Crippen molar-refractivity contribution in [2.24, 2.45) is 11.7 Å². The quantitative estimate of drug-likeness (QED) is 0.817. The Morgan fingerprint density at radius 1 is 1.57 bits per heavy atom. The summed E-state index contributed by atoms with van der Waals surface area (Å²) in [6.45, 7) is 2.29. The molecule has 1 fully saturated rings. The number of thioether (sulfide) groups is 1. The summed E-state index contributed by atoms with van der Waals surface area (Å²) in [5.41, 5.74) is 6.07. The van der Waals surface area contributed by atoms with Gasteiger partial charge in [-0.25, -0.2) is 4.98 Å². The van der Waals surface area contributed by atoms with Gasteiger partial charge in [0.2, 0.25) is 0 Å². The number of hydrogen-bond acceptors (Lipinski definition) is 4. The lowest BCUT2D eigenvalue weighted by Gasteiger charge is -2.30. The minimum Gasteiger partial charge on any atom is -0.440 e. The lowest BCUT2D eigenvalue weighted by Crippen LogP contribution is -2.37. The lowest BCUT2D eigenvalue weighted by molar-refractivity contribution is 0.354. The van der Waals surface area contributed by atoms with E-state index in [2.05, 4.69) is 11.9 Å². The normalized spacial score (nSPS) is 33.1. The Morgan fingerprint density at radius 2 is 2.43 bits per heavy atom. The molecule has 1 heterocycles. The zero-order valence-electron chi connectivity index (χ0n) is 8.35. The molecule has 1 aromatic rings. The van der Waals surface area contributed by atoms with Gasteiger partial charge in [-0.3, -0.25) is 0 Å². The molecule has 78 valence electrons. The second kappa shape index (κ2) is 4.36. The van der Waals surface area contributed by atoms with Gasteiger partial charge in [0.25, 0.3) is 5.22 Å². The highest BCUT2D eigenvalue weighted by atomic mass is 32.2. The standard InChI is InChI=1S/C10H16N2OS/c1-7-2-3-8(11)9(6-7)14-10-12-4-5-13-10/h4-5,7-9H,2-3,6,11H2,1H3. The van der Waals surface area contributed by atoms with E-state index in [1.54, 1.807) is 24.2 Å². The van der Waals surface area contributed by atoms with Crippen LogP contribution in [0.4, 0.5) is 0 Å². The van der Waals surface area contributed by atoms with Crippen LogP contribution in [0.25, 0.3) is 0 Å². The second-order valence-corrected chi connectivity index (χ2v) is 5.23. The highest BCUT2D eigenvalue weighted by Crippen LogP contribution is 2.34. The van der Waals surface area contributed by atoms with Crippen molar-refractivity contribution < 1.29 is 4.42 Å². The molecule has 3 unspecified atom stereocenters. The molecular formula is C10H16N2OS. The maximum absolute atomic E-state index is 6.07. The molecule has 0 spiro atoms. The van der Waals surface area contributed by atoms with Crippen LogP contribution in [0.15, 0.2) is 22.1 Å². The Labute approximate surface area is 88.5 Å². The summed E-state index contributed by atoms with van der Waals surface area (Å²) in [4.78, 5) is 4.11.